The topological polar surface area (TPSA) is 71.9 Å². The average Bonchev–Trinajstić information content (AvgIpc) is 3.37. The van der Waals surface area contributed by atoms with E-state index in [2.05, 4.69) is 12.1 Å². The number of aromatic nitrogens is 1. The number of hydrogen-bond donors (Lipinski definition) is 1. The van der Waals surface area contributed by atoms with Gasteiger partial charge in [-0.25, -0.2) is 4.39 Å². The zero-order valence-electron chi connectivity index (χ0n) is 21.7. The molecule has 2 fully saturated rings. The highest BCUT2D eigenvalue weighted by atomic mass is 19.1. The standard InChI is InChI=1S/C30H39FN2O4/c31-23-9-11-25(28-7-3-4-16-37-28)26(19-23)29(30(34)35)33-15-12-21(20-33)13-17-36-18-14-24-10-8-22-5-1-2-6-27(22)32-24/h8-11,19,21,28-29H,1-7,12-18,20H2,(H,34,35)/t21-,28-,29?/m0/s1. The molecule has 1 N–H and O–H groups in total. The lowest BCUT2D eigenvalue weighted by Crippen LogP contribution is -2.34. The zero-order chi connectivity index (χ0) is 25.6. The van der Waals surface area contributed by atoms with E-state index < -0.39 is 17.8 Å². The van der Waals surface area contributed by atoms with Crippen LogP contribution < -0.4 is 0 Å². The molecule has 3 heterocycles. The third-order valence-electron chi connectivity index (χ3n) is 8.20. The number of nitrogens with zero attached hydrogens (tertiary/aromatic N) is 2. The van der Waals surface area contributed by atoms with E-state index in [1.807, 2.05) is 4.90 Å². The first-order chi connectivity index (χ1) is 18.1. The van der Waals surface area contributed by atoms with Crippen LogP contribution in [0.5, 0.6) is 0 Å². The fourth-order valence-corrected chi connectivity index (χ4v) is 6.18. The van der Waals surface area contributed by atoms with Gasteiger partial charge >= 0.3 is 5.97 Å². The van der Waals surface area contributed by atoms with Crippen LogP contribution in [0.4, 0.5) is 4.39 Å². The number of pyridine rings is 1. The smallest absolute Gasteiger partial charge is 0.325 e. The summed E-state index contributed by atoms with van der Waals surface area (Å²) in [6.45, 7) is 3.32. The summed E-state index contributed by atoms with van der Waals surface area (Å²) in [5, 5.41) is 10.2. The molecule has 0 amide bonds. The van der Waals surface area contributed by atoms with Crippen LogP contribution >= 0.6 is 0 Å². The van der Waals surface area contributed by atoms with Crippen LogP contribution in [-0.4, -0.2) is 53.9 Å². The summed E-state index contributed by atoms with van der Waals surface area (Å²) in [6.07, 6.45) is 10.1. The van der Waals surface area contributed by atoms with Crippen molar-refractivity contribution in [2.24, 2.45) is 5.92 Å². The van der Waals surface area contributed by atoms with Gasteiger partial charge in [-0.2, -0.15) is 0 Å². The summed E-state index contributed by atoms with van der Waals surface area (Å²) in [4.78, 5) is 19.3. The number of aliphatic carboxylic acids is 1. The summed E-state index contributed by atoms with van der Waals surface area (Å²) in [5.41, 5.74) is 5.12. The molecule has 1 unspecified atom stereocenters. The van der Waals surface area contributed by atoms with Crippen LogP contribution in [0.2, 0.25) is 0 Å². The molecule has 1 aromatic heterocycles. The van der Waals surface area contributed by atoms with E-state index in [1.165, 1.54) is 36.2 Å². The van der Waals surface area contributed by atoms with Crippen LogP contribution in [0, 0.1) is 11.7 Å². The Bertz CT molecular complexity index is 1070. The van der Waals surface area contributed by atoms with Gasteiger partial charge in [0.05, 0.1) is 12.7 Å². The lowest BCUT2D eigenvalue weighted by Gasteiger charge is -2.30. The second-order valence-corrected chi connectivity index (χ2v) is 10.8. The minimum Gasteiger partial charge on any atom is -0.480 e. The number of carboxylic acid groups (broad SMARTS) is 1. The van der Waals surface area contributed by atoms with Crippen LogP contribution in [0.3, 0.4) is 0 Å². The van der Waals surface area contributed by atoms with E-state index in [4.69, 9.17) is 14.5 Å². The second kappa shape index (κ2) is 12.5. The van der Waals surface area contributed by atoms with Crippen molar-refractivity contribution < 1.29 is 23.8 Å². The number of hydrogen-bond acceptors (Lipinski definition) is 5. The van der Waals surface area contributed by atoms with E-state index >= 15 is 0 Å². The fraction of sp³-hybridized carbons (Fsp3) is 0.600. The van der Waals surface area contributed by atoms with Crippen molar-refractivity contribution in [1.29, 1.82) is 0 Å². The monoisotopic (exact) mass is 510 g/mol. The van der Waals surface area contributed by atoms with E-state index in [0.717, 1.165) is 62.6 Å². The minimum atomic E-state index is -0.933. The number of ether oxygens (including phenoxy) is 2. The van der Waals surface area contributed by atoms with E-state index in [-0.39, 0.29) is 6.10 Å². The Hall–Kier alpha value is -2.35. The Morgan fingerprint density at radius 3 is 2.86 bits per heavy atom. The van der Waals surface area contributed by atoms with Crippen molar-refractivity contribution in [2.75, 3.05) is 32.9 Å². The second-order valence-electron chi connectivity index (χ2n) is 10.8. The molecule has 2 aromatic rings. The van der Waals surface area contributed by atoms with Gasteiger partial charge in [-0.1, -0.05) is 12.1 Å². The molecule has 6 nitrogen and oxygen atoms in total. The number of rotatable bonds is 10. The molecule has 3 aliphatic rings. The Balaban J connectivity index is 1.13. The maximum Gasteiger partial charge on any atom is 0.325 e. The summed E-state index contributed by atoms with van der Waals surface area (Å²) >= 11 is 0. The molecule has 37 heavy (non-hydrogen) atoms. The quantitative estimate of drug-likeness (QED) is 0.429. The maximum absolute atomic E-state index is 14.3. The predicted molar refractivity (Wildman–Crippen MR) is 139 cm³/mol. The first-order valence-corrected chi connectivity index (χ1v) is 14.0. The molecule has 1 aliphatic carbocycles. The van der Waals surface area contributed by atoms with Crippen molar-refractivity contribution in [3.05, 3.63) is 64.2 Å². The molecule has 1 aromatic carbocycles. The molecule has 7 heteroatoms. The van der Waals surface area contributed by atoms with Crippen LogP contribution in [0.15, 0.2) is 30.3 Å². The number of fused-ring (bicyclic) bond motifs is 1. The van der Waals surface area contributed by atoms with Gasteiger partial charge in [0.25, 0.3) is 0 Å². The maximum atomic E-state index is 14.3. The number of halogens is 1. The largest absolute Gasteiger partial charge is 0.480 e. The molecule has 0 spiro atoms. The lowest BCUT2D eigenvalue weighted by molar-refractivity contribution is -0.143. The summed E-state index contributed by atoms with van der Waals surface area (Å²) < 4.78 is 26.2. The predicted octanol–water partition coefficient (Wildman–Crippen LogP) is 5.44. The van der Waals surface area contributed by atoms with Crippen molar-refractivity contribution in [1.82, 2.24) is 9.88 Å². The third-order valence-corrected chi connectivity index (χ3v) is 8.20. The summed E-state index contributed by atoms with van der Waals surface area (Å²) in [6, 6.07) is 8.03. The van der Waals surface area contributed by atoms with Crippen LogP contribution in [-0.2, 0) is 33.5 Å². The van der Waals surface area contributed by atoms with E-state index in [9.17, 15) is 14.3 Å². The van der Waals surface area contributed by atoms with E-state index in [0.29, 0.717) is 44.4 Å². The molecule has 200 valence electrons. The molecule has 3 atom stereocenters. The normalized spacial score (nSPS) is 23.1. The first-order valence-electron chi connectivity index (χ1n) is 14.0. The van der Waals surface area contributed by atoms with Crippen molar-refractivity contribution in [3.63, 3.8) is 0 Å². The molecule has 2 aliphatic heterocycles. The highest BCUT2D eigenvalue weighted by molar-refractivity contribution is 5.76. The molecule has 0 saturated carbocycles. The van der Waals surface area contributed by atoms with Gasteiger partial charge in [0, 0.05) is 37.6 Å². The Morgan fingerprint density at radius 2 is 2.03 bits per heavy atom. The first kappa shape index (κ1) is 26.3. The van der Waals surface area contributed by atoms with Gasteiger partial charge in [-0.3, -0.25) is 14.7 Å². The van der Waals surface area contributed by atoms with Crippen molar-refractivity contribution in [2.45, 2.75) is 76.4 Å². The SMILES string of the molecule is O=C(O)C(c1cc(F)ccc1[C@@H]1CCCCO1)N1CC[C@@H](CCOCCc2ccc3c(n2)CCCC3)C1. The highest BCUT2D eigenvalue weighted by Gasteiger charge is 2.36. The van der Waals surface area contributed by atoms with Gasteiger partial charge in [0.2, 0.25) is 0 Å². The van der Waals surface area contributed by atoms with Crippen molar-refractivity contribution in [3.8, 4) is 0 Å². The number of aryl methyl sites for hydroxylation is 2. The summed E-state index contributed by atoms with van der Waals surface area (Å²) in [5.74, 6) is -0.970. The third kappa shape index (κ3) is 6.57. The molecular weight excluding hydrogens is 471 g/mol. The Kier molecular flexibility index (Phi) is 8.85. The van der Waals surface area contributed by atoms with Gasteiger partial charge in [0.1, 0.15) is 11.9 Å². The minimum absolute atomic E-state index is 0.164. The van der Waals surface area contributed by atoms with Gasteiger partial charge in [-0.05, 0) is 105 Å². The Morgan fingerprint density at radius 1 is 1.14 bits per heavy atom. The molecule has 2 saturated heterocycles. The fourth-order valence-electron chi connectivity index (χ4n) is 6.18. The van der Waals surface area contributed by atoms with E-state index in [1.54, 1.807) is 6.07 Å². The molecular formula is C30H39FN2O4. The molecule has 0 radical (unpaired) electrons. The van der Waals surface area contributed by atoms with Crippen LogP contribution in [0.1, 0.15) is 85.2 Å². The average molecular weight is 511 g/mol. The van der Waals surface area contributed by atoms with Gasteiger partial charge < -0.3 is 14.6 Å². The summed E-state index contributed by atoms with van der Waals surface area (Å²) in [7, 11) is 0. The number of likely N-dealkylation sites (tertiary alicyclic amines) is 1. The Labute approximate surface area is 219 Å². The van der Waals surface area contributed by atoms with Crippen molar-refractivity contribution >= 4 is 5.97 Å². The zero-order valence-corrected chi connectivity index (χ0v) is 21.7. The van der Waals surface area contributed by atoms with Gasteiger partial charge in [0.15, 0.2) is 0 Å². The van der Waals surface area contributed by atoms with Gasteiger partial charge in [-0.15, -0.1) is 0 Å². The van der Waals surface area contributed by atoms with Crippen LogP contribution in [0.25, 0.3) is 0 Å². The lowest BCUT2D eigenvalue weighted by atomic mass is 9.92. The molecule has 5 rings (SSSR count). The highest BCUT2D eigenvalue weighted by Crippen LogP contribution is 2.37. The molecule has 0 bridgehead atoms. The number of benzene rings is 1. The number of carboxylic acids is 1. The number of carbonyl (C=O) groups is 1.